The molecule has 1 aliphatic heterocycles. The summed E-state index contributed by atoms with van der Waals surface area (Å²) in [6.07, 6.45) is 1.56. The normalized spacial score (nSPS) is 20.6. The van der Waals surface area contributed by atoms with Crippen LogP contribution < -0.4 is 16.0 Å². The van der Waals surface area contributed by atoms with E-state index in [-0.39, 0.29) is 12.5 Å². The molecule has 6 heteroatoms. The Bertz CT molecular complexity index is 293. The third-order valence-corrected chi connectivity index (χ3v) is 2.48. The Morgan fingerprint density at radius 3 is 3.00 bits per heavy atom. The molecule has 0 radical (unpaired) electrons. The number of carbonyl (C=O) groups excluding carboxylic acids is 2. The van der Waals surface area contributed by atoms with Crippen molar-refractivity contribution in [2.24, 2.45) is 0 Å². The van der Waals surface area contributed by atoms with Crippen LogP contribution in [0.3, 0.4) is 0 Å². The molecular formula is C11H20N4O2. The number of rotatable bonds is 4. The largest absolute Gasteiger partial charge is 0.334 e. The molecule has 1 unspecified atom stereocenters. The van der Waals surface area contributed by atoms with Crippen LogP contribution in [0.25, 0.3) is 0 Å². The van der Waals surface area contributed by atoms with Gasteiger partial charge in [0, 0.05) is 32.2 Å². The van der Waals surface area contributed by atoms with Crippen molar-refractivity contribution in [3.05, 3.63) is 12.7 Å². The molecule has 3 amide bonds. The molecule has 0 aromatic rings. The maximum Gasteiger partial charge on any atom is 0.321 e. The monoisotopic (exact) mass is 240 g/mol. The number of urea groups is 1. The molecule has 1 atom stereocenters. The summed E-state index contributed by atoms with van der Waals surface area (Å²) < 4.78 is 0. The molecule has 0 aromatic heterocycles. The molecule has 1 fully saturated rings. The van der Waals surface area contributed by atoms with Crippen LogP contribution in [0.4, 0.5) is 4.79 Å². The molecule has 1 saturated heterocycles. The van der Waals surface area contributed by atoms with Crippen LogP contribution in [0.2, 0.25) is 0 Å². The van der Waals surface area contributed by atoms with E-state index in [0.717, 1.165) is 19.6 Å². The average Bonchev–Trinajstić information content (AvgIpc) is 2.26. The number of hydrogen-bond acceptors (Lipinski definition) is 4. The summed E-state index contributed by atoms with van der Waals surface area (Å²) in [5, 5.41) is 8.06. The second-order valence-electron chi connectivity index (χ2n) is 4.14. The van der Waals surface area contributed by atoms with E-state index in [2.05, 4.69) is 29.5 Å². The van der Waals surface area contributed by atoms with Gasteiger partial charge in [-0.1, -0.05) is 6.08 Å². The molecule has 17 heavy (non-hydrogen) atoms. The SMILES string of the molecule is C=CCNC(=O)NC(=O)CN1CCNC(C)C1. The van der Waals surface area contributed by atoms with Gasteiger partial charge in [-0.05, 0) is 6.92 Å². The molecule has 1 rings (SSSR count). The minimum atomic E-state index is -0.474. The zero-order valence-corrected chi connectivity index (χ0v) is 10.2. The highest BCUT2D eigenvalue weighted by Gasteiger charge is 2.18. The molecule has 0 spiro atoms. The summed E-state index contributed by atoms with van der Waals surface area (Å²) in [7, 11) is 0. The van der Waals surface area contributed by atoms with Gasteiger partial charge in [0.1, 0.15) is 0 Å². The van der Waals surface area contributed by atoms with Crippen LogP contribution >= 0.6 is 0 Å². The van der Waals surface area contributed by atoms with E-state index in [1.54, 1.807) is 6.08 Å². The van der Waals surface area contributed by atoms with Crippen molar-refractivity contribution in [2.45, 2.75) is 13.0 Å². The molecule has 96 valence electrons. The number of piperazine rings is 1. The lowest BCUT2D eigenvalue weighted by Gasteiger charge is -2.31. The van der Waals surface area contributed by atoms with Gasteiger partial charge in [-0.3, -0.25) is 15.0 Å². The second kappa shape index (κ2) is 7.03. The highest BCUT2D eigenvalue weighted by atomic mass is 16.2. The van der Waals surface area contributed by atoms with E-state index in [0.29, 0.717) is 12.6 Å². The first kappa shape index (κ1) is 13.7. The van der Waals surface area contributed by atoms with Crippen molar-refractivity contribution in [1.82, 2.24) is 20.9 Å². The summed E-state index contributed by atoms with van der Waals surface area (Å²) in [4.78, 5) is 24.8. The summed E-state index contributed by atoms with van der Waals surface area (Å²) in [6.45, 7) is 8.67. The predicted octanol–water partition coefficient (Wildman–Crippen LogP) is -0.708. The highest BCUT2D eigenvalue weighted by Crippen LogP contribution is 1.97. The van der Waals surface area contributed by atoms with Gasteiger partial charge in [0.15, 0.2) is 0 Å². The Balaban J connectivity index is 2.24. The van der Waals surface area contributed by atoms with Gasteiger partial charge < -0.3 is 10.6 Å². The molecule has 1 heterocycles. The number of imide groups is 1. The molecule has 0 aromatic carbocycles. The van der Waals surface area contributed by atoms with Gasteiger partial charge in [-0.2, -0.15) is 0 Å². The fraction of sp³-hybridized carbons (Fsp3) is 0.636. The van der Waals surface area contributed by atoms with Crippen molar-refractivity contribution < 1.29 is 9.59 Å². The van der Waals surface area contributed by atoms with Gasteiger partial charge in [0.25, 0.3) is 0 Å². The Kier molecular flexibility index (Phi) is 5.65. The van der Waals surface area contributed by atoms with Crippen molar-refractivity contribution in [3.8, 4) is 0 Å². The van der Waals surface area contributed by atoms with Crippen LogP contribution in [-0.4, -0.2) is 55.6 Å². The third kappa shape index (κ3) is 5.46. The first-order valence-corrected chi connectivity index (χ1v) is 5.76. The Morgan fingerprint density at radius 1 is 1.59 bits per heavy atom. The number of nitrogens with one attached hydrogen (secondary N) is 3. The molecule has 6 nitrogen and oxygen atoms in total. The Labute approximate surface area is 101 Å². The molecule has 3 N–H and O–H groups in total. The lowest BCUT2D eigenvalue weighted by molar-refractivity contribution is -0.121. The average molecular weight is 240 g/mol. The lowest BCUT2D eigenvalue weighted by atomic mass is 10.2. The molecule has 0 bridgehead atoms. The van der Waals surface area contributed by atoms with Crippen molar-refractivity contribution in [3.63, 3.8) is 0 Å². The lowest BCUT2D eigenvalue weighted by Crippen LogP contribution is -2.53. The summed E-state index contributed by atoms with van der Waals surface area (Å²) in [5.74, 6) is -0.277. The molecular weight excluding hydrogens is 220 g/mol. The van der Waals surface area contributed by atoms with Gasteiger partial charge >= 0.3 is 6.03 Å². The number of nitrogens with zero attached hydrogens (tertiary/aromatic N) is 1. The fourth-order valence-corrected chi connectivity index (χ4v) is 1.73. The minimum Gasteiger partial charge on any atom is -0.334 e. The number of carbonyl (C=O) groups is 2. The highest BCUT2D eigenvalue weighted by molar-refractivity contribution is 5.95. The van der Waals surface area contributed by atoms with E-state index in [1.807, 2.05) is 4.90 Å². The van der Waals surface area contributed by atoms with Crippen LogP contribution in [0.1, 0.15) is 6.92 Å². The van der Waals surface area contributed by atoms with Gasteiger partial charge in [-0.15, -0.1) is 6.58 Å². The van der Waals surface area contributed by atoms with E-state index in [9.17, 15) is 9.59 Å². The Morgan fingerprint density at radius 2 is 2.35 bits per heavy atom. The zero-order valence-electron chi connectivity index (χ0n) is 10.2. The maximum absolute atomic E-state index is 11.5. The predicted molar refractivity (Wildman–Crippen MR) is 65.6 cm³/mol. The van der Waals surface area contributed by atoms with Gasteiger partial charge in [0.05, 0.1) is 6.54 Å². The fourth-order valence-electron chi connectivity index (χ4n) is 1.73. The number of hydrogen-bond donors (Lipinski definition) is 3. The first-order chi connectivity index (χ1) is 8.11. The third-order valence-electron chi connectivity index (χ3n) is 2.48. The van der Waals surface area contributed by atoms with Crippen molar-refractivity contribution in [1.29, 1.82) is 0 Å². The van der Waals surface area contributed by atoms with Gasteiger partial charge in [0.2, 0.25) is 5.91 Å². The van der Waals surface area contributed by atoms with E-state index in [1.165, 1.54) is 0 Å². The quantitative estimate of drug-likeness (QED) is 0.568. The van der Waals surface area contributed by atoms with Crippen LogP contribution in [0.5, 0.6) is 0 Å². The van der Waals surface area contributed by atoms with E-state index < -0.39 is 6.03 Å². The summed E-state index contributed by atoms with van der Waals surface area (Å²) in [5.41, 5.74) is 0. The second-order valence-corrected chi connectivity index (χ2v) is 4.14. The summed E-state index contributed by atoms with van der Waals surface area (Å²) >= 11 is 0. The van der Waals surface area contributed by atoms with E-state index >= 15 is 0 Å². The smallest absolute Gasteiger partial charge is 0.321 e. The maximum atomic E-state index is 11.5. The topological polar surface area (TPSA) is 73.5 Å². The van der Waals surface area contributed by atoms with Crippen molar-refractivity contribution in [2.75, 3.05) is 32.7 Å². The zero-order chi connectivity index (χ0) is 12.7. The van der Waals surface area contributed by atoms with Gasteiger partial charge in [-0.25, -0.2) is 4.79 Å². The first-order valence-electron chi connectivity index (χ1n) is 5.76. The molecule has 1 aliphatic rings. The van der Waals surface area contributed by atoms with E-state index in [4.69, 9.17) is 0 Å². The Hall–Kier alpha value is -1.40. The number of amides is 3. The van der Waals surface area contributed by atoms with Crippen molar-refractivity contribution >= 4 is 11.9 Å². The summed E-state index contributed by atoms with van der Waals surface area (Å²) in [6, 6.07) is -0.0933. The van der Waals surface area contributed by atoms with Crippen LogP contribution in [0.15, 0.2) is 12.7 Å². The minimum absolute atomic E-state index is 0.257. The van der Waals surface area contributed by atoms with Crippen LogP contribution in [0, 0.1) is 0 Å². The van der Waals surface area contributed by atoms with Crippen LogP contribution in [-0.2, 0) is 4.79 Å². The molecule has 0 saturated carbocycles. The molecule has 0 aliphatic carbocycles. The standard InChI is InChI=1S/C11H20N4O2/c1-3-4-13-11(17)14-10(16)8-15-6-5-12-9(2)7-15/h3,9,12H,1,4-8H2,2H3,(H2,13,14,16,17).